The van der Waals surface area contributed by atoms with Crippen LogP contribution in [0.2, 0.25) is 0 Å². The van der Waals surface area contributed by atoms with Crippen LogP contribution in [-0.2, 0) is 10.0 Å². The first-order chi connectivity index (χ1) is 8.40. The van der Waals surface area contributed by atoms with Crippen molar-refractivity contribution in [3.63, 3.8) is 0 Å². The molecule has 0 saturated heterocycles. The van der Waals surface area contributed by atoms with E-state index in [1.807, 2.05) is 0 Å². The quantitative estimate of drug-likeness (QED) is 0.827. The minimum atomic E-state index is -4.04. The average Bonchev–Trinajstić information content (AvgIpc) is 2.27. The number of nitrogens with one attached hydrogen (secondary N) is 1. The Hall–Kier alpha value is -1.05. The Morgan fingerprint density at radius 2 is 2.06 bits per heavy atom. The lowest BCUT2D eigenvalue weighted by molar-refractivity contribution is 0.270. The number of benzene rings is 1. The number of hydrogen-bond acceptors (Lipinski definition) is 3. The monoisotopic (exact) mass is 279 g/mol. The Bertz CT molecular complexity index is 505. The predicted octanol–water partition coefficient (Wildman–Crippen LogP) is 1.40. The van der Waals surface area contributed by atoms with E-state index in [-0.39, 0.29) is 13.0 Å². The third kappa shape index (κ3) is 3.72. The van der Waals surface area contributed by atoms with Gasteiger partial charge in [0.25, 0.3) is 0 Å². The molecule has 1 unspecified atom stereocenters. The van der Waals surface area contributed by atoms with E-state index in [4.69, 9.17) is 5.11 Å². The zero-order valence-corrected chi connectivity index (χ0v) is 10.7. The molecule has 0 aliphatic rings. The molecule has 0 aliphatic heterocycles. The molecule has 1 atom stereocenters. The van der Waals surface area contributed by atoms with Crippen molar-refractivity contribution in [2.24, 2.45) is 0 Å². The van der Waals surface area contributed by atoms with Crippen LogP contribution in [0.15, 0.2) is 23.1 Å². The van der Waals surface area contributed by atoms with Crippen molar-refractivity contribution in [2.45, 2.75) is 30.7 Å². The molecule has 0 radical (unpaired) electrons. The van der Waals surface area contributed by atoms with E-state index in [0.717, 1.165) is 12.1 Å². The number of rotatable bonds is 6. The molecule has 1 rings (SSSR count). The fourth-order valence-electron chi connectivity index (χ4n) is 1.48. The second kappa shape index (κ2) is 6.21. The molecule has 0 spiro atoms. The summed E-state index contributed by atoms with van der Waals surface area (Å²) in [5.41, 5.74) is 0. The summed E-state index contributed by atoms with van der Waals surface area (Å²) in [6.45, 7) is 1.57. The molecule has 0 fully saturated rings. The zero-order chi connectivity index (χ0) is 13.8. The van der Waals surface area contributed by atoms with Gasteiger partial charge in [-0.15, -0.1) is 0 Å². The van der Waals surface area contributed by atoms with Crippen LogP contribution < -0.4 is 4.72 Å². The van der Waals surface area contributed by atoms with Crippen molar-refractivity contribution in [3.05, 3.63) is 29.8 Å². The van der Waals surface area contributed by atoms with Gasteiger partial charge in [-0.25, -0.2) is 21.9 Å². The summed E-state index contributed by atoms with van der Waals surface area (Å²) in [5, 5.41) is 8.77. The average molecular weight is 279 g/mol. The Kier molecular flexibility index (Phi) is 5.18. The van der Waals surface area contributed by atoms with Gasteiger partial charge in [-0.05, 0) is 25.0 Å². The van der Waals surface area contributed by atoms with E-state index in [9.17, 15) is 17.2 Å². The van der Waals surface area contributed by atoms with Gasteiger partial charge in [-0.2, -0.15) is 0 Å². The topological polar surface area (TPSA) is 66.4 Å². The Balaban J connectivity index is 2.99. The van der Waals surface area contributed by atoms with Gasteiger partial charge >= 0.3 is 0 Å². The lowest BCUT2D eigenvalue weighted by Crippen LogP contribution is -2.35. The van der Waals surface area contributed by atoms with Gasteiger partial charge in [0.05, 0.1) is 0 Å². The van der Waals surface area contributed by atoms with Gasteiger partial charge in [0.1, 0.15) is 16.5 Å². The second-order valence-electron chi connectivity index (χ2n) is 3.81. The lowest BCUT2D eigenvalue weighted by atomic mass is 10.2. The first-order valence-corrected chi connectivity index (χ1v) is 6.97. The molecular weight excluding hydrogens is 264 g/mol. The fourth-order valence-corrected chi connectivity index (χ4v) is 2.89. The number of hydrogen-bond donors (Lipinski definition) is 2. The van der Waals surface area contributed by atoms with Crippen LogP contribution in [0.25, 0.3) is 0 Å². The molecule has 1 aromatic rings. The lowest BCUT2D eigenvalue weighted by Gasteiger charge is -2.16. The van der Waals surface area contributed by atoms with Gasteiger partial charge in [0.15, 0.2) is 0 Å². The maximum atomic E-state index is 13.4. The highest BCUT2D eigenvalue weighted by molar-refractivity contribution is 7.89. The van der Waals surface area contributed by atoms with Gasteiger partial charge in [0.2, 0.25) is 10.0 Å². The van der Waals surface area contributed by atoms with E-state index in [0.29, 0.717) is 12.5 Å². The molecule has 4 nitrogen and oxygen atoms in total. The van der Waals surface area contributed by atoms with Crippen LogP contribution in [0.3, 0.4) is 0 Å². The molecule has 0 aliphatic carbocycles. The molecule has 0 aromatic heterocycles. The van der Waals surface area contributed by atoms with Crippen LogP contribution in [0, 0.1) is 11.6 Å². The molecular formula is C11H15F2NO3S. The van der Waals surface area contributed by atoms with Gasteiger partial charge in [0, 0.05) is 18.7 Å². The molecule has 2 N–H and O–H groups in total. The van der Waals surface area contributed by atoms with Crippen molar-refractivity contribution in [3.8, 4) is 0 Å². The van der Waals surface area contributed by atoms with Crippen LogP contribution >= 0.6 is 0 Å². The van der Waals surface area contributed by atoms with Crippen LogP contribution in [0.1, 0.15) is 19.8 Å². The highest BCUT2D eigenvalue weighted by atomic mass is 32.2. The van der Waals surface area contributed by atoms with Gasteiger partial charge in [-0.3, -0.25) is 0 Å². The SMILES string of the molecule is CCC(CCO)NS(=O)(=O)c1ccc(F)cc1F. The highest BCUT2D eigenvalue weighted by Crippen LogP contribution is 2.16. The molecule has 18 heavy (non-hydrogen) atoms. The standard InChI is InChI=1S/C11H15F2NO3S/c1-2-9(5-6-15)14-18(16,17)11-4-3-8(12)7-10(11)13/h3-4,7,9,14-15H,2,5-6H2,1H3. The maximum Gasteiger partial charge on any atom is 0.243 e. The summed E-state index contributed by atoms with van der Waals surface area (Å²) in [5.74, 6) is -1.98. The summed E-state index contributed by atoms with van der Waals surface area (Å²) >= 11 is 0. The van der Waals surface area contributed by atoms with Crippen molar-refractivity contribution >= 4 is 10.0 Å². The van der Waals surface area contributed by atoms with E-state index >= 15 is 0 Å². The van der Waals surface area contributed by atoms with Crippen molar-refractivity contribution < 1.29 is 22.3 Å². The number of halogens is 2. The normalized spacial score (nSPS) is 13.6. The molecule has 1 aromatic carbocycles. The number of aliphatic hydroxyl groups is 1. The molecule has 0 saturated carbocycles. The Morgan fingerprint density at radius 3 is 2.56 bits per heavy atom. The second-order valence-corrected chi connectivity index (χ2v) is 5.50. The predicted molar refractivity (Wildman–Crippen MR) is 62.5 cm³/mol. The fraction of sp³-hybridized carbons (Fsp3) is 0.455. The summed E-state index contributed by atoms with van der Waals surface area (Å²) in [6.07, 6.45) is 0.696. The Morgan fingerprint density at radius 1 is 1.39 bits per heavy atom. The van der Waals surface area contributed by atoms with Gasteiger partial charge in [-0.1, -0.05) is 6.92 Å². The van der Waals surface area contributed by atoms with Gasteiger partial charge < -0.3 is 5.11 Å². The summed E-state index contributed by atoms with van der Waals surface area (Å²) in [6, 6.07) is 1.79. The number of sulfonamides is 1. The first kappa shape index (κ1) is 15.0. The summed E-state index contributed by atoms with van der Waals surface area (Å²) in [7, 11) is -4.04. The van der Waals surface area contributed by atoms with Crippen molar-refractivity contribution in [1.29, 1.82) is 0 Å². The molecule has 0 heterocycles. The van der Waals surface area contributed by atoms with Crippen molar-refractivity contribution in [1.82, 2.24) is 4.72 Å². The minimum Gasteiger partial charge on any atom is -0.396 e. The van der Waals surface area contributed by atoms with Crippen LogP contribution in [0.4, 0.5) is 8.78 Å². The smallest absolute Gasteiger partial charge is 0.243 e. The third-order valence-electron chi connectivity index (χ3n) is 2.48. The summed E-state index contributed by atoms with van der Waals surface area (Å²) < 4.78 is 52.1. The summed E-state index contributed by atoms with van der Waals surface area (Å²) in [4.78, 5) is -0.597. The van der Waals surface area contributed by atoms with E-state index in [1.165, 1.54) is 0 Å². The number of aliphatic hydroxyl groups excluding tert-OH is 1. The van der Waals surface area contributed by atoms with Crippen LogP contribution in [0.5, 0.6) is 0 Å². The largest absolute Gasteiger partial charge is 0.396 e. The van der Waals surface area contributed by atoms with Crippen LogP contribution in [-0.4, -0.2) is 26.2 Å². The van der Waals surface area contributed by atoms with E-state index in [2.05, 4.69) is 4.72 Å². The van der Waals surface area contributed by atoms with Crippen molar-refractivity contribution in [2.75, 3.05) is 6.61 Å². The molecule has 0 amide bonds. The molecule has 0 bridgehead atoms. The molecule has 102 valence electrons. The Labute approximate surface area is 105 Å². The maximum absolute atomic E-state index is 13.4. The minimum absolute atomic E-state index is 0.174. The highest BCUT2D eigenvalue weighted by Gasteiger charge is 2.22. The first-order valence-electron chi connectivity index (χ1n) is 5.49. The third-order valence-corrected chi connectivity index (χ3v) is 4.03. The zero-order valence-electron chi connectivity index (χ0n) is 9.86. The van der Waals surface area contributed by atoms with E-state index in [1.54, 1.807) is 6.92 Å². The van der Waals surface area contributed by atoms with E-state index < -0.39 is 32.6 Å². The molecule has 7 heteroatoms.